The highest BCUT2D eigenvalue weighted by atomic mass is 35.5. The summed E-state index contributed by atoms with van der Waals surface area (Å²) in [6.07, 6.45) is 2.63. The maximum Gasteiger partial charge on any atom is 0.251 e. The molecule has 144 valence electrons. The van der Waals surface area contributed by atoms with E-state index in [2.05, 4.69) is 29.3 Å². The number of carbonyl (C=O) groups is 1. The van der Waals surface area contributed by atoms with Crippen LogP contribution >= 0.6 is 23.4 Å². The first-order valence-corrected chi connectivity index (χ1v) is 10.9. The topological polar surface area (TPSA) is 32.3 Å². The van der Waals surface area contributed by atoms with Crippen molar-refractivity contribution >= 4 is 29.3 Å². The standard InChI is InChI=1S/C22H27ClN2OS/c1-17-3-2-13-25(15-17)16-18-4-6-19(7-5-18)22(26)24-12-14-27-21-10-8-20(23)9-11-21/h4-11,17H,2-3,12-16H2,1H3,(H,24,26). The fourth-order valence-electron chi connectivity index (χ4n) is 3.42. The number of thioether (sulfide) groups is 1. The van der Waals surface area contributed by atoms with E-state index in [9.17, 15) is 4.79 Å². The van der Waals surface area contributed by atoms with E-state index in [0.29, 0.717) is 6.54 Å². The fourth-order valence-corrected chi connectivity index (χ4v) is 4.31. The van der Waals surface area contributed by atoms with Gasteiger partial charge in [-0.25, -0.2) is 0 Å². The molecular weight excluding hydrogens is 376 g/mol. The lowest BCUT2D eigenvalue weighted by molar-refractivity contribution is 0.0956. The third-order valence-electron chi connectivity index (χ3n) is 4.83. The van der Waals surface area contributed by atoms with Crippen LogP contribution in [0.5, 0.6) is 0 Å². The minimum absolute atomic E-state index is 0.00940. The van der Waals surface area contributed by atoms with Gasteiger partial charge in [0.1, 0.15) is 0 Å². The van der Waals surface area contributed by atoms with Crippen molar-refractivity contribution in [3.8, 4) is 0 Å². The molecule has 2 aromatic carbocycles. The summed E-state index contributed by atoms with van der Waals surface area (Å²) in [6.45, 7) is 6.29. The number of halogens is 1. The van der Waals surface area contributed by atoms with Crippen molar-refractivity contribution in [2.75, 3.05) is 25.4 Å². The Labute approximate surface area is 171 Å². The predicted octanol–water partition coefficient (Wildman–Crippen LogP) is 5.09. The molecule has 0 aliphatic carbocycles. The van der Waals surface area contributed by atoms with Crippen molar-refractivity contribution in [3.05, 3.63) is 64.7 Å². The first-order valence-electron chi connectivity index (χ1n) is 9.58. The number of piperidine rings is 1. The molecule has 1 amide bonds. The van der Waals surface area contributed by atoms with Crippen LogP contribution in [-0.2, 0) is 6.54 Å². The van der Waals surface area contributed by atoms with Crippen LogP contribution in [-0.4, -0.2) is 36.2 Å². The van der Waals surface area contributed by atoms with Crippen molar-refractivity contribution in [1.82, 2.24) is 10.2 Å². The maximum atomic E-state index is 12.3. The quantitative estimate of drug-likeness (QED) is 0.516. The van der Waals surface area contributed by atoms with E-state index in [4.69, 9.17) is 11.6 Å². The van der Waals surface area contributed by atoms with Gasteiger partial charge in [-0.3, -0.25) is 9.69 Å². The SMILES string of the molecule is CC1CCCN(Cc2ccc(C(=O)NCCSc3ccc(Cl)cc3)cc2)C1. The number of amides is 1. The third kappa shape index (κ3) is 6.56. The average Bonchev–Trinajstić information content (AvgIpc) is 2.67. The highest BCUT2D eigenvalue weighted by molar-refractivity contribution is 7.99. The summed E-state index contributed by atoms with van der Waals surface area (Å²) >= 11 is 7.59. The molecule has 0 radical (unpaired) electrons. The Bertz CT molecular complexity index is 733. The van der Waals surface area contributed by atoms with Gasteiger partial charge in [0.05, 0.1) is 0 Å². The summed E-state index contributed by atoms with van der Waals surface area (Å²) in [5.74, 6) is 1.61. The number of nitrogens with zero attached hydrogens (tertiary/aromatic N) is 1. The zero-order valence-corrected chi connectivity index (χ0v) is 17.4. The van der Waals surface area contributed by atoms with E-state index >= 15 is 0 Å². The summed E-state index contributed by atoms with van der Waals surface area (Å²) in [7, 11) is 0. The molecule has 5 heteroatoms. The molecule has 1 N–H and O–H groups in total. The Kier molecular flexibility index (Phi) is 7.62. The second-order valence-corrected chi connectivity index (χ2v) is 8.84. The lowest BCUT2D eigenvalue weighted by atomic mass is 9.99. The second-order valence-electron chi connectivity index (χ2n) is 7.24. The molecule has 3 nitrogen and oxygen atoms in total. The Morgan fingerprint density at radius 2 is 1.93 bits per heavy atom. The van der Waals surface area contributed by atoms with Gasteiger partial charge in [-0.15, -0.1) is 11.8 Å². The molecule has 1 atom stereocenters. The van der Waals surface area contributed by atoms with Crippen molar-refractivity contribution < 1.29 is 4.79 Å². The lowest BCUT2D eigenvalue weighted by Crippen LogP contribution is -2.33. The first-order chi connectivity index (χ1) is 13.1. The first kappa shape index (κ1) is 20.2. The number of likely N-dealkylation sites (tertiary alicyclic amines) is 1. The van der Waals surface area contributed by atoms with Crippen molar-refractivity contribution in [2.45, 2.75) is 31.2 Å². The molecule has 27 heavy (non-hydrogen) atoms. The largest absolute Gasteiger partial charge is 0.351 e. The average molecular weight is 403 g/mol. The second kappa shape index (κ2) is 10.2. The Balaban J connectivity index is 1.41. The fraction of sp³-hybridized carbons (Fsp3) is 0.409. The molecule has 2 aromatic rings. The Morgan fingerprint density at radius 1 is 1.19 bits per heavy atom. The van der Waals surface area contributed by atoms with Gasteiger partial charge in [-0.05, 0) is 67.3 Å². The highest BCUT2D eigenvalue weighted by Gasteiger charge is 2.16. The van der Waals surface area contributed by atoms with E-state index in [0.717, 1.165) is 33.7 Å². The summed E-state index contributed by atoms with van der Waals surface area (Å²) in [5, 5.41) is 3.73. The van der Waals surface area contributed by atoms with Crippen molar-refractivity contribution in [2.24, 2.45) is 5.92 Å². The van der Waals surface area contributed by atoms with E-state index in [1.807, 2.05) is 36.4 Å². The van der Waals surface area contributed by atoms with Gasteiger partial charge in [-0.1, -0.05) is 30.7 Å². The predicted molar refractivity (Wildman–Crippen MR) is 115 cm³/mol. The molecule has 1 unspecified atom stereocenters. The number of hydrogen-bond acceptors (Lipinski definition) is 3. The van der Waals surface area contributed by atoms with Gasteiger partial charge in [0, 0.05) is 40.9 Å². The van der Waals surface area contributed by atoms with E-state index in [1.165, 1.54) is 31.5 Å². The number of benzene rings is 2. The molecule has 0 saturated carbocycles. The number of carbonyl (C=O) groups excluding carboxylic acids is 1. The third-order valence-corrected chi connectivity index (χ3v) is 6.10. The van der Waals surface area contributed by atoms with Crippen LogP contribution in [0.25, 0.3) is 0 Å². The molecule has 3 rings (SSSR count). The lowest BCUT2D eigenvalue weighted by Gasteiger charge is -2.30. The zero-order valence-electron chi connectivity index (χ0n) is 15.8. The van der Waals surface area contributed by atoms with Crippen molar-refractivity contribution in [1.29, 1.82) is 0 Å². The van der Waals surface area contributed by atoms with Crippen LogP contribution in [0.3, 0.4) is 0 Å². The van der Waals surface area contributed by atoms with Crippen LogP contribution in [0, 0.1) is 5.92 Å². The van der Waals surface area contributed by atoms with Gasteiger partial charge < -0.3 is 5.32 Å². The molecule has 0 aromatic heterocycles. The van der Waals surface area contributed by atoms with Crippen LogP contribution < -0.4 is 5.32 Å². The number of nitrogens with one attached hydrogen (secondary N) is 1. The number of hydrogen-bond donors (Lipinski definition) is 1. The van der Waals surface area contributed by atoms with E-state index in [1.54, 1.807) is 11.8 Å². The molecule has 0 spiro atoms. The molecule has 0 bridgehead atoms. The van der Waals surface area contributed by atoms with Crippen molar-refractivity contribution in [3.63, 3.8) is 0 Å². The van der Waals surface area contributed by atoms with E-state index < -0.39 is 0 Å². The molecular formula is C22H27ClN2OS. The summed E-state index contributed by atoms with van der Waals surface area (Å²) in [4.78, 5) is 16.0. The van der Waals surface area contributed by atoms with Gasteiger partial charge in [-0.2, -0.15) is 0 Å². The highest BCUT2D eigenvalue weighted by Crippen LogP contribution is 2.20. The smallest absolute Gasteiger partial charge is 0.251 e. The van der Waals surface area contributed by atoms with E-state index in [-0.39, 0.29) is 5.91 Å². The molecule has 1 heterocycles. The minimum atomic E-state index is -0.00940. The van der Waals surface area contributed by atoms with Crippen LogP contribution in [0.1, 0.15) is 35.7 Å². The zero-order chi connectivity index (χ0) is 19.1. The summed E-state index contributed by atoms with van der Waals surface area (Å²) in [5.41, 5.74) is 2.00. The normalized spacial score (nSPS) is 17.6. The Hall–Kier alpha value is -1.49. The minimum Gasteiger partial charge on any atom is -0.351 e. The maximum absolute atomic E-state index is 12.3. The summed E-state index contributed by atoms with van der Waals surface area (Å²) < 4.78 is 0. The Morgan fingerprint density at radius 3 is 2.63 bits per heavy atom. The van der Waals surface area contributed by atoms with Gasteiger partial charge in [0.2, 0.25) is 0 Å². The molecule has 1 aliphatic heterocycles. The molecule has 1 fully saturated rings. The van der Waals surface area contributed by atoms with Crippen LogP contribution in [0.4, 0.5) is 0 Å². The summed E-state index contributed by atoms with van der Waals surface area (Å²) in [6, 6.07) is 15.8. The van der Waals surface area contributed by atoms with Crippen LogP contribution in [0.2, 0.25) is 5.02 Å². The van der Waals surface area contributed by atoms with Gasteiger partial charge in [0.25, 0.3) is 5.91 Å². The monoisotopic (exact) mass is 402 g/mol. The number of rotatable bonds is 7. The van der Waals surface area contributed by atoms with Gasteiger partial charge in [0.15, 0.2) is 0 Å². The van der Waals surface area contributed by atoms with Gasteiger partial charge >= 0.3 is 0 Å². The molecule has 1 aliphatic rings. The van der Waals surface area contributed by atoms with Crippen LogP contribution in [0.15, 0.2) is 53.4 Å². The molecule has 1 saturated heterocycles.